The minimum atomic E-state index is 0.424. The highest BCUT2D eigenvalue weighted by Crippen LogP contribution is 2.10. The van der Waals surface area contributed by atoms with E-state index in [4.69, 9.17) is 4.74 Å². The minimum Gasteiger partial charge on any atom is -0.383 e. The lowest BCUT2D eigenvalue weighted by Crippen LogP contribution is -2.59. The third-order valence-electron chi connectivity index (χ3n) is 3.08. The molecule has 0 saturated carbocycles. The molecule has 0 aromatic carbocycles. The molecule has 4 heteroatoms. The molecule has 0 spiro atoms. The van der Waals surface area contributed by atoms with Crippen molar-refractivity contribution >= 4 is 0 Å². The number of nitrogens with one attached hydrogen (secondary N) is 1. The van der Waals surface area contributed by atoms with Gasteiger partial charge in [0.05, 0.1) is 6.61 Å². The van der Waals surface area contributed by atoms with Gasteiger partial charge in [0.1, 0.15) is 0 Å². The molecule has 1 rings (SSSR count). The average Bonchev–Trinajstić information content (AvgIpc) is 2.18. The lowest BCUT2D eigenvalue weighted by molar-refractivity contribution is 0.0576. The first-order chi connectivity index (χ1) is 6.69. The smallest absolute Gasteiger partial charge is 0.0631 e. The van der Waals surface area contributed by atoms with Gasteiger partial charge in [-0.3, -0.25) is 4.90 Å². The Bertz CT molecular complexity index is 165. The van der Waals surface area contributed by atoms with E-state index in [2.05, 4.69) is 29.2 Å². The van der Waals surface area contributed by atoms with Crippen LogP contribution in [0.15, 0.2) is 0 Å². The topological polar surface area (TPSA) is 27.7 Å². The fourth-order valence-electron chi connectivity index (χ4n) is 2.05. The molecule has 0 bridgehead atoms. The Labute approximate surface area is 87.2 Å². The van der Waals surface area contributed by atoms with Crippen molar-refractivity contribution in [3.05, 3.63) is 0 Å². The second-order valence-corrected chi connectivity index (χ2v) is 4.16. The molecule has 0 aromatic rings. The van der Waals surface area contributed by atoms with Gasteiger partial charge >= 0.3 is 0 Å². The highest BCUT2D eigenvalue weighted by molar-refractivity contribution is 4.87. The molecule has 0 radical (unpaired) electrons. The summed E-state index contributed by atoms with van der Waals surface area (Å²) in [6.07, 6.45) is 0. The summed E-state index contributed by atoms with van der Waals surface area (Å²) in [6, 6.07) is 0.978. The molecule has 84 valence electrons. The molecule has 1 saturated heterocycles. The van der Waals surface area contributed by atoms with E-state index in [1.165, 1.54) is 0 Å². The SMILES string of the molecule is CNC(COC)C1CN(C)CCN1C. The third-order valence-corrected chi connectivity index (χ3v) is 3.08. The summed E-state index contributed by atoms with van der Waals surface area (Å²) in [7, 11) is 8.14. The van der Waals surface area contributed by atoms with Crippen molar-refractivity contribution in [3.63, 3.8) is 0 Å². The summed E-state index contributed by atoms with van der Waals surface area (Å²) in [6.45, 7) is 4.20. The predicted molar refractivity (Wildman–Crippen MR) is 58.6 cm³/mol. The Balaban J connectivity index is 2.52. The van der Waals surface area contributed by atoms with Crippen LogP contribution in [0.1, 0.15) is 0 Å². The van der Waals surface area contributed by atoms with E-state index in [-0.39, 0.29) is 0 Å². The van der Waals surface area contributed by atoms with Gasteiger partial charge in [-0.25, -0.2) is 0 Å². The van der Waals surface area contributed by atoms with Gasteiger partial charge in [0.25, 0.3) is 0 Å². The number of piperazine rings is 1. The predicted octanol–water partition coefficient (Wildman–Crippen LogP) is -0.533. The molecule has 2 unspecified atom stereocenters. The van der Waals surface area contributed by atoms with Gasteiger partial charge in [0, 0.05) is 38.8 Å². The molecule has 4 nitrogen and oxygen atoms in total. The molecular weight excluding hydrogens is 178 g/mol. The van der Waals surface area contributed by atoms with Crippen LogP contribution in [0.4, 0.5) is 0 Å². The number of likely N-dealkylation sites (N-methyl/N-ethyl adjacent to an activating group) is 3. The molecule has 0 amide bonds. The van der Waals surface area contributed by atoms with Gasteiger partial charge in [-0.05, 0) is 21.1 Å². The first-order valence-corrected chi connectivity index (χ1v) is 5.24. The first kappa shape index (κ1) is 11.9. The second-order valence-electron chi connectivity index (χ2n) is 4.16. The highest BCUT2D eigenvalue weighted by Gasteiger charge is 2.28. The molecule has 1 aliphatic heterocycles. The molecule has 2 atom stereocenters. The zero-order valence-corrected chi connectivity index (χ0v) is 9.79. The van der Waals surface area contributed by atoms with Gasteiger partial charge in [-0.2, -0.15) is 0 Å². The van der Waals surface area contributed by atoms with E-state index in [0.717, 1.165) is 26.2 Å². The number of rotatable bonds is 4. The van der Waals surface area contributed by atoms with Crippen LogP contribution in [0.3, 0.4) is 0 Å². The number of nitrogens with zero attached hydrogens (tertiary/aromatic N) is 2. The Morgan fingerprint density at radius 3 is 2.71 bits per heavy atom. The van der Waals surface area contributed by atoms with Crippen molar-refractivity contribution in [1.29, 1.82) is 0 Å². The van der Waals surface area contributed by atoms with Gasteiger partial charge in [-0.1, -0.05) is 0 Å². The maximum atomic E-state index is 5.22. The summed E-state index contributed by atoms with van der Waals surface area (Å²) in [4.78, 5) is 4.80. The van der Waals surface area contributed by atoms with Gasteiger partial charge in [-0.15, -0.1) is 0 Å². The summed E-state index contributed by atoms with van der Waals surface area (Å²) in [5.74, 6) is 0. The van der Waals surface area contributed by atoms with Crippen LogP contribution in [0.5, 0.6) is 0 Å². The van der Waals surface area contributed by atoms with Crippen LogP contribution in [0.25, 0.3) is 0 Å². The number of hydrogen-bond acceptors (Lipinski definition) is 4. The molecule has 0 aromatic heterocycles. The van der Waals surface area contributed by atoms with E-state index >= 15 is 0 Å². The Morgan fingerprint density at radius 2 is 2.14 bits per heavy atom. The van der Waals surface area contributed by atoms with Crippen LogP contribution >= 0.6 is 0 Å². The monoisotopic (exact) mass is 201 g/mol. The molecule has 1 aliphatic rings. The van der Waals surface area contributed by atoms with Crippen molar-refractivity contribution in [2.24, 2.45) is 0 Å². The van der Waals surface area contributed by atoms with Crippen molar-refractivity contribution < 1.29 is 4.74 Å². The van der Waals surface area contributed by atoms with Crippen molar-refractivity contribution in [2.45, 2.75) is 12.1 Å². The van der Waals surface area contributed by atoms with E-state index in [9.17, 15) is 0 Å². The molecule has 14 heavy (non-hydrogen) atoms. The van der Waals surface area contributed by atoms with E-state index in [1.54, 1.807) is 7.11 Å². The first-order valence-electron chi connectivity index (χ1n) is 5.24. The van der Waals surface area contributed by atoms with Crippen molar-refractivity contribution in [2.75, 3.05) is 54.5 Å². The summed E-state index contributed by atoms with van der Waals surface area (Å²) < 4.78 is 5.22. The lowest BCUT2D eigenvalue weighted by Gasteiger charge is -2.41. The van der Waals surface area contributed by atoms with Gasteiger partial charge in [0.15, 0.2) is 0 Å². The van der Waals surface area contributed by atoms with Crippen LogP contribution in [0.2, 0.25) is 0 Å². The van der Waals surface area contributed by atoms with Crippen LogP contribution < -0.4 is 5.32 Å². The standard InChI is InChI=1S/C10H23N3O/c1-11-9(8-14-4)10-7-12(2)5-6-13(10)3/h9-11H,5-8H2,1-4H3. The lowest BCUT2D eigenvalue weighted by atomic mass is 10.1. The Morgan fingerprint density at radius 1 is 1.43 bits per heavy atom. The zero-order valence-electron chi connectivity index (χ0n) is 9.79. The summed E-state index contributed by atoms with van der Waals surface area (Å²) >= 11 is 0. The highest BCUT2D eigenvalue weighted by atomic mass is 16.5. The quantitative estimate of drug-likeness (QED) is 0.661. The molecule has 0 aliphatic carbocycles. The Hall–Kier alpha value is -0.160. The fraction of sp³-hybridized carbons (Fsp3) is 1.00. The maximum Gasteiger partial charge on any atom is 0.0631 e. The molecule has 1 fully saturated rings. The van der Waals surface area contributed by atoms with Crippen LogP contribution in [-0.4, -0.2) is 76.4 Å². The van der Waals surface area contributed by atoms with Gasteiger partial charge in [0.2, 0.25) is 0 Å². The van der Waals surface area contributed by atoms with Crippen LogP contribution in [0, 0.1) is 0 Å². The second kappa shape index (κ2) is 5.66. The average molecular weight is 201 g/mol. The van der Waals surface area contributed by atoms with Crippen molar-refractivity contribution in [3.8, 4) is 0 Å². The third kappa shape index (κ3) is 2.92. The Kier molecular flexibility index (Phi) is 4.81. The number of methoxy groups -OCH3 is 1. The van der Waals surface area contributed by atoms with Crippen LogP contribution in [-0.2, 0) is 4.74 Å². The molecular formula is C10H23N3O. The summed E-state index contributed by atoms with van der Waals surface area (Å²) in [5, 5.41) is 3.33. The molecule has 1 N–H and O–H groups in total. The molecule has 1 heterocycles. The normalized spacial score (nSPS) is 27.9. The fourth-order valence-corrected chi connectivity index (χ4v) is 2.05. The summed E-state index contributed by atoms with van der Waals surface area (Å²) in [5.41, 5.74) is 0. The maximum absolute atomic E-state index is 5.22. The zero-order chi connectivity index (χ0) is 10.6. The number of ether oxygens (including phenoxy) is 1. The largest absolute Gasteiger partial charge is 0.383 e. The minimum absolute atomic E-state index is 0.424. The van der Waals surface area contributed by atoms with Crippen molar-refractivity contribution in [1.82, 2.24) is 15.1 Å². The van der Waals surface area contributed by atoms with Gasteiger partial charge < -0.3 is 15.0 Å². The van der Waals surface area contributed by atoms with E-state index < -0.39 is 0 Å². The van der Waals surface area contributed by atoms with E-state index in [1.807, 2.05) is 7.05 Å². The number of hydrogen-bond donors (Lipinski definition) is 1. The van der Waals surface area contributed by atoms with E-state index in [0.29, 0.717) is 12.1 Å².